The molecule has 1 aliphatic carbocycles. The van der Waals surface area contributed by atoms with Crippen LogP contribution in [0.15, 0.2) is 36.4 Å². The van der Waals surface area contributed by atoms with Crippen LogP contribution in [0, 0.1) is 5.92 Å². The molecular weight excluding hydrogens is 391 g/mol. The third-order valence-corrected chi connectivity index (χ3v) is 5.83. The van der Waals surface area contributed by atoms with E-state index in [1.54, 1.807) is 13.0 Å². The summed E-state index contributed by atoms with van der Waals surface area (Å²) in [5.41, 5.74) is 1.82. The Kier molecular flexibility index (Phi) is 4.78. The molecule has 5 nitrogen and oxygen atoms in total. The highest BCUT2D eigenvalue weighted by Crippen LogP contribution is 2.47. The van der Waals surface area contributed by atoms with Crippen molar-refractivity contribution in [2.45, 2.75) is 31.5 Å². The van der Waals surface area contributed by atoms with Gasteiger partial charge in [-0.3, -0.25) is 4.79 Å². The van der Waals surface area contributed by atoms with Gasteiger partial charge in [-0.05, 0) is 37.6 Å². The molecule has 2 aromatic heterocycles. The van der Waals surface area contributed by atoms with E-state index in [2.05, 4.69) is 15.3 Å². The van der Waals surface area contributed by atoms with Gasteiger partial charge < -0.3 is 15.0 Å². The van der Waals surface area contributed by atoms with Crippen LogP contribution in [0.2, 0.25) is 0 Å². The first-order valence-corrected chi connectivity index (χ1v) is 9.66. The molecule has 1 saturated carbocycles. The maximum Gasteiger partial charge on any atom is 0.422 e. The summed E-state index contributed by atoms with van der Waals surface area (Å²) in [5, 5.41) is 3.11. The largest absolute Gasteiger partial charge is 0.475 e. The lowest BCUT2D eigenvalue weighted by Crippen LogP contribution is -2.28. The Hall–Kier alpha value is -2.55. The van der Waals surface area contributed by atoms with Gasteiger partial charge in [0.05, 0.1) is 17.1 Å². The Morgan fingerprint density at radius 2 is 2.14 bits per heavy atom. The van der Waals surface area contributed by atoms with Crippen LogP contribution in [0.5, 0.6) is 5.06 Å². The van der Waals surface area contributed by atoms with Crippen molar-refractivity contribution >= 4 is 28.3 Å². The van der Waals surface area contributed by atoms with E-state index in [-0.39, 0.29) is 28.8 Å². The fourth-order valence-electron chi connectivity index (χ4n) is 3.12. The standard InChI is InChI=1S/C19H18F3N3O2S/c1-10(15-6-7-16(28-15)27-9-19(20,21)22)23-18(26)12-8-11(12)17-24-13-4-2-3-5-14(13)25-17/h2-7,10-12H,8-9H2,1H3,(H,23,26)(H,24,25)/t10?,11-,12-/m0/s1. The van der Waals surface area contributed by atoms with Crippen molar-refractivity contribution in [3.8, 4) is 5.06 Å². The van der Waals surface area contributed by atoms with E-state index < -0.39 is 12.8 Å². The third kappa shape index (κ3) is 4.14. The smallest absolute Gasteiger partial charge is 0.422 e. The zero-order chi connectivity index (χ0) is 19.9. The Bertz CT molecular complexity index is 965. The number of imidazole rings is 1. The van der Waals surface area contributed by atoms with E-state index in [1.165, 1.54) is 6.07 Å². The first-order valence-electron chi connectivity index (χ1n) is 8.84. The SMILES string of the molecule is CC(NC(=O)[C@H]1C[C@@H]1c1nc2ccccc2[nH]1)c1ccc(OCC(F)(F)F)s1. The molecule has 148 valence electrons. The van der Waals surface area contributed by atoms with Crippen LogP contribution in [0.1, 0.15) is 36.0 Å². The van der Waals surface area contributed by atoms with Gasteiger partial charge in [0.25, 0.3) is 0 Å². The number of hydrogen-bond donors (Lipinski definition) is 2. The average molecular weight is 409 g/mol. The number of aromatic amines is 1. The van der Waals surface area contributed by atoms with Crippen LogP contribution in [0.3, 0.4) is 0 Å². The van der Waals surface area contributed by atoms with Gasteiger partial charge in [0.1, 0.15) is 5.82 Å². The molecular formula is C19H18F3N3O2S. The zero-order valence-corrected chi connectivity index (χ0v) is 15.7. The molecule has 0 aliphatic heterocycles. The molecule has 4 rings (SSSR count). The second kappa shape index (κ2) is 7.12. The first kappa shape index (κ1) is 18.8. The molecule has 1 aromatic carbocycles. The average Bonchev–Trinajstić information content (AvgIpc) is 3.11. The van der Waals surface area contributed by atoms with Crippen LogP contribution in [0.25, 0.3) is 11.0 Å². The number of ether oxygens (including phenoxy) is 1. The summed E-state index contributed by atoms with van der Waals surface area (Å²) in [7, 11) is 0. The minimum atomic E-state index is -4.37. The number of amides is 1. The van der Waals surface area contributed by atoms with E-state index in [1.807, 2.05) is 24.3 Å². The topological polar surface area (TPSA) is 67.0 Å². The van der Waals surface area contributed by atoms with E-state index in [9.17, 15) is 18.0 Å². The predicted octanol–water partition coefficient (Wildman–Crippen LogP) is 4.55. The van der Waals surface area contributed by atoms with Gasteiger partial charge in [-0.1, -0.05) is 12.1 Å². The Morgan fingerprint density at radius 1 is 1.36 bits per heavy atom. The first-order chi connectivity index (χ1) is 13.3. The number of fused-ring (bicyclic) bond motifs is 1. The number of hydrogen-bond acceptors (Lipinski definition) is 4. The van der Waals surface area contributed by atoms with Gasteiger partial charge in [0.2, 0.25) is 5.91 Å². The number of rotatable bonds is 6. The number of benzene rings is 1. The number of H-pyrrole nitrogens is 1. The molecule has 0 saturated heterocycles. The van der Waals surface area contributed by atoms with Gasteiger partial charge in [-0.2, -0.15) is 13.2 Å². The maximum absolute atomic E-state index is 12.5. The monoisotopic (exact) mass is 409 g/mol. The van der Waals surface area contributed by atoms with Crippen molar-refractivity contribution in [2.24, 2.45) is 5.92 Å². The highest BCUT2D eigenvalue weighted by Gasteiger charge is 2.46. The van der Waals surface area contributed by atoms with Crippen molar-refractivity contribution in [2.75, 3.05) is 6.61 Å². The Morgan fingerprint density at radius 3 is 2.89 bits per heavy atom. The number of thiophene rings is 1. The number of aromatic nitrogens is 2. The van der Waals surface area contributed by atoms with Crippen molar-refractivity contribution in [3.05, 3.63) is 47.1 Å². The van der Waals surface area contributed by atoms with Crippen molar-refractivity contribution < 1.29 is 22.7 Å². The lowest BCUT2D eigenvalue weighted by molar-refractivity contribution is -0.152. The number of carbonyl (C=O) groups excluding carboxylic acids is 1. The third-order valence-electron chi connectivity index (χ3n) is 4.65. The summed E-state index contributed by atoms with van der Waals surface area (Å²) in [5.74, 6) is 0.648. The lowest BCUT2D eigenvalue weighted by Gasteiger charge is -2.12. The van der Waals surface area contributed by atoms with Crippen LogP contribution in [-0.4, -0.2) is 28.7 Å². The van der Waals surface area contributed by atoms with Gasteiger partial charge in [-0.15, -0.1) is 11.3 Å². The molecule has 0 spiro atoms. The molecule has 2 N–H and O–H groups in total. The summed E-state index contributed by atoms with van der Waals surface area (Å²) in [6, 6.07) is 10.6. The second-order valence-electron chi connectivity index (χ2n) is 6.88. The van der Waals surface area contributed by atoms with Gasteiger partial charge in [0, 0.05) is 16.7 Å². The number of alkyl halides is 3. The lowest BCUT2D eigenvalue weighted by atomic mass is 10.2. The van der Waals surface area contributed by atoms with Crippen LogP contribution in [0.4, 0.5) is 13.2 Å². The number of para-hydroxylation sites is 2. The molecule has 0 radical (unpaired) electrons. The van der Waals surface area contributed by atoms with Gasteiger partial charge in [-0.25, -0.2) is 4.98 Å². The summed E-state index contributed by atoms with van der Waals surface area (Å²) < 4.78 is 41.4. The molecule has 2 heterocycles. The fraction of sp³-hybridized carbons (Fsp3) is 0.368. The molecule has 1 fully saturated rings. The van der Waals surface area contributed by atoms with Crippen LogP contribution >= 0.6 is 11.3 Å². The van der Waals surface area contributed by atoms with E-state index in [4.69, 9.17) is 4.74 Å². The molecule has 1 amide bonds. The minimum absolute atomic E-state index is 0.0635. The zero-order valence-electron chi connectivity index (χ0n) is 14.9. The number of halogens is 3. The quantitative estimate of drug-likeness (QED) is 0.628. The summed E-state index contributed by atoms with van der Waals surface area (Å²) in [6.45, 7) is 0.477. The number of carbonyl (C=O) groups is 1. The van der Waals surface area contributed by atoms with Crippen molar-refractivity contribution in [1.29, 1.82) is 0 Å². The van der Waals surface area contributed by atoms with Crippen LogP contribution in [-0.2, 0) is 4.79 Å². The summed E-state index contributed by atoms with van der Waals surface area (Å²) in [6.07, 6.45) is -3.65. The fourth-order valence-corrected chi connectivity index (χ4v) is 3.98. The van der Waals surface area contributed by atoms with Gasteiger partial charge >= 0.3 is 6.18 Å². The molecule has 3 aromatic rings. The van der Waals surface area contributed by atoms with E-state index in [0.717, 1.165) is 39.5 Å². The molecule has 1 unspecified atom stereocenters. The molecule has 1 aliphatic rings. The summed E-state index contributed by atoms with van der Waals surface area (Å²) >= 11 is 1.10. The minimum Gasteiger partial charge on any atom is -0.475 e. The predicted molar refractivity (Wildman–Crippen MR) is 99.4 cm³/mol. The Labute approximate surface area is 162 Å². The van der Waals surface area contributed by atoms with Crippen molar-refractivity contribution in [3.63, 3.8) is 0 Å². The van der Waals surface area contributed by atoms with Crippen LogP contribution < -0.4 is 10.1 Å². The molecule has 3 atom stereocenters. The number of nitrogens with one attached hydrogen (secondary N) is 2. The van der Waals surface area contributed by atoms with E-state index >= 15 is 0 Å². The molecule has 28 heavy (non-hydrogen) atoms. The number of nitrogens with zero attached hydrogens (tertiary/aromatic N) is 1. The normalized spacial score (nSPS) is 20.1. The van der Waals surface area contributed by atoms with Crippen molar-refractivity contribution in [1.82, 2.24) is 15.3 Å². The van der Waals surface area contributed by atoms with E-state index in [0.29, 0.717) is 0 Å². The molecule has 0 bridgehead atoms. The highest BCUT2D eigenvalue weighted by molar-refractivity contribution is 7.13. The Balaban J connectivity index is 1.33. The maximum atomic E-state index is 12.5. The molecule has 9 heteroatoms. The second-order valence-corrected chi connectivity index (χ2v) is 7.96. The van der Waals surface area contributed by atoms with Gasteiger partial charge in [0.15, 0.2) is 11.7 Å². The summed E-state index contributed by atoms with van der Waals surface area (Å²) in [4.78, 5) is 21.1. The highest BCUT2D eigenvalue weighted by atomic mass is 32.1.